The third-order valence-electron chi connectivity index (χ3n) is 8.31. The first-order chi connectivity index (χ1) is 20.7. The number of fused-ring (bicyclic) bond motifs is 1. The third-order valence-corrected chi connectivity index (χ3v) is 8.31. The number of likely N-dealkylation sites (tertiary alicyclic amines) is 1. The van der Waals surface area contributed by atoms with Gasteiger partial charge >= 0.3 is 0 Å². The molecule has 0 bridgehead atoms. The SMILES string of the molecule is COCC(=O)N1CCCCCCCN(Cc2ccccc2OCCN2CCCC2)Cc2cc(-c3cncnc3)ccc21. The maximum Gasteiger partial charge on any atom is 0.252 e. The van der Waals surface area contributed by atoms with Gasteiger partial charge in [-0.3, -0.25) is 14.6 Å². The van der Waals surface area contributed by atoms with Gasteiger partial charge in [0.05, 0.1) is 0 Å². The number of para-hydroxylation sites is 1. The Bertz CT molecular complexity index is 1270. The van der Waals surface area contributed by atoms with E-state index in [4.69, 9.17) is 9.47 Å². The lowest BCUT2D eigenvalue weighted by Crippen LogP contribution is -2.36. The Balaban J connectivity index is 1.43. The second-order valence-corrected chi connectivity index (χ2v) is 11.4. The molecule has 0 aliphatic carbocycles. The highest BCUT2D eigenvalue weighted by atomic mass is 16.5. The topological polar surface area (TPSA) is 71.0 Å². The molecule has 0 saturated carbocycles. The van der Waals surface area contributed by atoms with Crippen molar-refractivity contribution in [3.8, 4) is 16.9 Å². The molecule has 0 atom stereocenters. The average Bonchev–Trinajstić information content (AvgIpc) is 3.53. The van der Waals surface area contributed by atoms with Crippen molar-refractivity contribution in [3.63, 3.8) is 0 Å². The molecule has 2 aliphatic heterocycles. The van der Waals surface area contributed by atoms with Crippen LogP contribution in [0.5, 0.6) is 5.75 Å². The van der Waals surface area contributed by atoms with E-state index >= 15 is 0 Å². The standard InChI is InChI=1S/C34H45N5O3/c1-41-26-34(40)39-18-8-4-2-3-7-17-38(25-30-21-28(13-14-32(30)39)31-22-35-27-36-23-31)24-29-11-5-6-12-33(29)42-20-19-37-15-9-10-16-37/h5-6,11-14,21-23,27H,2-4,7-10,15-20,24-26H2,1H3. The number of rotatable bonds is 9. The van der Waals surface area contributed by atoms with E-state index in [1.165, 1.54) is 44.3 Å². The van der Waals surface area contributed by atoms with Gasteiger partial charge in [-0.2, -0.15) is 0 Å². The number of carbonyl (C=O) groups excluding carboxylic acids is 1. The fraction of sp³-hybridized carbons (Fsp3) is 0.500. The van der Waals surface area contributed by atoms with Crippen LogP contribution < -0.4 is 9.64 Å². The summed E-state index contributed by atoms with van der Waals surface area (Å²) >= 11 is 0. The Morgan fingerprint density at radius 1 is 0.833 bits per heavy atom. The smallest absolute Gasteiger partial charge is 0.252 e. The largest absolute Gasteiger partial charge is 0.492 e. The second-order valence-electron chi connectivity index (χ2n) is 11.4. The molecule has 8 nitrogen and oxygen atoms in total. The molecule has 5 rings (SSSR count). The number of benzene rings is 2. The average molecular weight is 572 g/mol. The van der Waals surface area contributed by atoms with Crippen LogP contribution in [-0.4, -0.2) is 78.7 Å². The number of anilines is 1. The summed E-state index contributed by atoms with van der Waals surface area (Å²) in [5, 5.41) is 0. The van der Waals surface area contributed by atoms with Crippen LogP contribution in [0.25, 0.3) is 11.1 Å². The van der Waals surface area contributed by atoms with Crippen LogP contribution in [0.4, 0.5) is 5.69 Å². The number of hydrogen-bond acceptors (Lipinski definition) is 7. The molecule has 3 heterocycles. The molecule has 3 aromatic rings. The third kappa shape index (κ3) is 8.37. The molecular formula is C34H45N5O3. The molecule has 2 aliphatic rings. The molecule has 0 spiro atoms. The number of methoxy groups -OCH3 is 1. The summed E-state index contributed by atoms with van der Waals surface area (Å²) in [5.74, 6) is 0.963. The van der Waals surface area contributed by atoms with Crippen LogP contribution >= 0.6 is 0 Å². The summed E-state index contributed by atoms with van der Waals surface area (Å²) in [7, 11) is 1.58. The highest BCUT2D eigenvalue weighted by molar-refractivity contribution is 5.95. The number of aromatic nitrogens is 2. The molecular weight excluding hydrogens is 526 g/mol. The fourth-order valence-electron chi connectivity index (χ4n) is 6.08. The Hall–Kier alpha value is -3.33. The number of nitrogens with zero attached hydrogens (tertiary/aromatic N) is 5. The number of ether oxygens (including phenoxy) is 2. The van der Waals surface area contributed by atoms with Crippen LogP contribution in [0.3, 0.4) is 0 Å². The van der Waals surface area contributed by atoms with E-state index in [2.05, 4.69) is 62.2 Å². The molecule has 1 aromatic heterocycles. The predicted octanol–water partition coefficient (Wildman–Crippen LogP) is 5.56. The Labute approximate surface area is 250 Å². The Morgan fingerprint density at radius 3 is 2.36 bits per heavy atom. The molecule has 1 amide bonds. The van der Waals surface area contributed by atoms with Crippen LogP contribution in [0.15, 0.2) is 61.2 Å². The molecule has 0 radical (unpaired) electrons. The molecule has 0 N–H and O–H groups in total. The molecule has 1 fully saturated rings. The summed E-state index contributed by atoms with van der Waals surface area (Å²) in [5.41, 5.74) is 5.29. The van der Waals surface area contributed by atoms with Crippen molar-refractivity contribution in [2.45, 2.75) is 58.0 Å². The lowest BCUT2D eigenvalue weighted by molar-refractivity contribution is -0.122. The van der Waals surface area contributed by atoms with Gasteiger partial charge in [-0.25, -0.2) is 9.97 Å². The van der Waals surface area contributed by atoms with Crippen molar-refractivity contribution < 1.29 is 14.3 Å². The zero-order valence-corrected chi connectivity index (χ0v) is 25.0. The van der Waals surface area contributed by atoms with Crippen LogP contribution in [0.2, 0.25) is 0 Å². The summed E-state index contributed by atoms with van der Waals surface area (Å²) in [4.78, 5) is 28.7. The van der Waals surface area contributed by atoms with E-state index in [0.29, 0.717) is 13.2 Å². The fourth-order valence-corrected chi connectivity index (χ4v) is 6.08. The number of amides is 1. The van der Waals surface area contributed by atoms with E-state index in [0.717, 1.165) is 73.6 Å². The van der Waals surface area contributed by atoms with Gasteiger partial charge in [0.25, 0.3) is 5.91 Å². The van der Waals surface area contributed by atoms with Gasteiger partial charge in [0.1, 0.15) is 25.3 Å². The normalized spacial score (nSPS) is 17.3. The maximum absolute atomic E-state index is 13.3. The number of hydrogen-bond donors (Lipinski definition) is 0. The first-order valence-electron chi connectivity index (χ1n) is 15.5. The number of carbonyl (C=O) groups is 1. The maximum atomic E-state index is 13.3. The van der Waals surface area contributed by atoms with Crippen molar-refractivity contribution in [2.24, 2.45) is 0 Å². The van der Waals surface area contributed by atoms with E-state index in [9.17, 15) is 4.79 Å². The monoisotopic (exact) mass is 571 g/mol. The van der Waals surface area contributed by atoms with Crippen molar-refractivity contribution in [3.05, 3.63) is 72.3 Å². The van der Waals surface area contributed by atoms with E-state index < -0.39 is 0 Å². The van der Waals surface area contributed by atoms with Crippen molar-refractivity contribution >= 4 is 11.6 Å². The summed E-state index contributed by atoms with van der Waals surface area (Å²) in [6, 6.07) is 14.8. The van der Waals surface area contributed by atoms with Gasteiger partial charge < -0.3 is 14.4 Å². The lowest BCUT2D eigenvalue weighted by atomic mass is 10.0. The van der Waals surface area contributed by atoms with Gasteiger partial charge in [-0.1, -0.05) is 43.5 Å². The van der Waals surface area contributed by atoms with Gasteiger partial charge in [0.2, 0.25) is 0 Å². The summed E-state index contributed by atoms with van der Waals surface area (Å²) in [6.45, 7) is 7.28. The minimum atomic E-state index is -0.00472. The predicted molar refractivity (Wildman–Crippen MR) is 167 cm³/mol. The van der Waals surface area contributed by atoms with Crippen molar-refractivity contribution in [2.75, 3.05) is 57.9 Å². The minimum Gasteiger partial charge on any atom is -0.492 e. The van der Waals surface area contributed by atoms with Gasteiger partial charge in [-0.05, 0) is 74.6 Å². The van der Waals surface area contributed by atoms with Crippen molar-refractivity contribution in [1.82, 2.24) is 19.8 Å². The van der Waals surface area contributed by atoms with E-state index in [1.54, 1.807) is 13.4 Å². The quantitative estimate of drug-likeness (QED) is 0.333. The Morgan fingerprint density at radius 2 is 1.55 bits per heavy atom. The molecule has 2 aromatic carbocycles. The van der Waals surface area contributed by atoms with Crippen LogP contribution in [0, 0.1) is 0 Å². The van der Waals surface area contributed by atoms with Gasteiger partial charge in [0.15, 0.2) is 0 Å². The van der Waals surface area contributed by atoms with E-state index in [1.807, 2.05) is 17.3 Å². The van der Waals surface area contributed by atoms with Gasteiger partial charge in [-0.15, -0.1) is 0 Å². The second kappa shape index (κ2) is 15.8. The first kappa shape index (κ1) is 30.1. The molecule has 0 unspecified atom stereocenters. The molecule has 224 valence electrons. The zero-order valence-electron chi connectivity index (χ0n) is 25.0. The molecule has 1 saturated heterocycles. The van der Waals surface area contributed by atoms with E-state index in [-0.39, 0.29) is 12.5 Å². The van der Waals surface area contributed by atoms with Crippen LogP contribution in [0.1, 0.15) is 56.1 Å². The highest BCUT2D eigenvalue weighted by Crippen LogP contribution is 2.31. The molecule has 8 heteroatoms. The lowest BCUT2D eigenvalue weighted by Gasteiger charge is -2.30. The van der Waals surface area contributed by atoms with Crippen LogP contribution in [-0.2, 0) is 22.6 Å². The zero-order chi connectivity index (χ0) is 29.0. The summed E-state index contributed by atoms with van der Waals surface area (Å²) in [6.07, 6.45) is 13.4. The Kier molecular flexibility index (Phi) is 11.3. The highest BCUT2D eigenvalue weighted by Gasteiger charge is 2.22. The minimum absolute atomic E-state index is 0.00472. The van der Waals surface area contributed by atoms with Gasteiger partial charge in [0, 0.05) is 62.5 Å². The first-order valence-corrected chi connectivity index (χ1v) is 15.5. The van der Waals surface area contributed by atoms with Crippen molar-refractivity contribution in [1.29, 1.82) is 0 Å². The molecule has 42 heavy (non-hydrogen) atoms. The summed E-state index contributed by atoms with van der Waals surface area (Å²) < 4.78 is 11.6.